The molecule has 138 valence electrons. The Kier molecular flexibility index (Phi) is 4.92. The predicted octanol–water partition coefficient (Wildman–Crippen LogP) is 1.92. The van der Waals surface area contributed by atoms with Crippen molar-refractivity contribution in [2.75, 3.05) is 5.32 Å². The number of carbonyl (C=O) groups excluding carboxylic acids is 2. The first-order valence-corrected chi connectivity index (χ1v) is 8.25. The summed E-state index contributed by atoms with van der Waals surface area (Å²) >= 11 is 0. The number of urea groups is 1. The first-order valence-electron chi connectivity index (χ1n) is 8.25. The van der Waals surface area contributed by atoms with Gasteiger partial charge in [0.2, 0.25) is 5.76 Å². The van der Waals surface area contributed by atoms with Gasteiger partial charge < -0.3 is 25.6 Å². The number of aromatic carboxylic acids is 1. The molecule has 3 amide bonds. The molecular weight excluding hydrogens is 342 g/mol. The molecule has 0 aromatic carbocycles. The minimum atomic E-state index is -1.23. The Morgan fingerprint density at radius 1 is 1.23 bits per heavy atom. The van der Waals surface area contributed by atoms with Gasteiger partial charge in [-0.3, -0.25) is 10.1 Å². The number of amides is 3. The third-order valence-corrected chi connectivity index (χ3v) is 4.17. The number of imidazole rings is 1. The van der Waals surface area contributed by atoms with Crippen molar-refractivity contribution in [3.8, 4) is 11.6 Å². The van der Waals surface area contributed by atoms with E-state index in [1.165, 1.54) is 12.1 Å². The molecule has 0 saturated heterocycles. The van der Waals surface area contributed by atoms with Crippen LogP contribution in [0.15, 0.2) is 16.5 Å². The first kappa shape index (κ1) is 17.5. The maximum absolute atomic E-state index is 12.2. The molecule has 1 aliphatic rings. The molecule has 0 unspecified atom stereocenters. The number of carboxylic acids is 1. The van der Waals surface area contributed by atoms with Crippen LogP contribution in [-0.4, -0.2) is 39.0 Å². The normalized spacial score (nSPS) is 14.8. The number of nitrogens with zero attached hydrogens (tertiary/aromatic N) is 1. The van der Waals surface area contributed by atoms with Crippen molar-refractivity contribution >= 4 is 23.7 Å². The quantitative estimate of drug-likeness (QED) is 0.546. The number of aromatic nitrogens is 2. The number of anilines is 1. The van der Waals surface area contributed by atoms with E-state index in [9.17, 15) is 14.4 Å². The molecule has 26 heavy (non-hydrogen) atoms. The van der Waals surface area contributed by atoms with Gasteiger partial charge in [-0.2, -0.15) is 0 Å². The number of aromatic amines is 1. The average Bonchev–Trinajstić information content (AvgIpc) is 3.22. The Labute approximate surface area is 148 Å². The lowest BCUT2D eigenvalue weighted by Crippen LogP contribution is -2.39. The zero-order valence-electron chi connectivity index (χ0n) is 13.9. The van der Waals surface area contributed by atoms with Crippen LogP contribution in [0.5, 0.6) is 0 Å². The largest absolute Gasteiger partial charge is 0.475 e. The van der Waals surface area contributed by atoms with Gasteiger partial charge in [-0.05, 0) is 25.0 Å². The van der Waals surface area contributed by atoms with Crippen molar-refractivity contribution in [2.45, 2.75) is 38.1 Å². The van der Waals surface area contributed by atoms with E-state index >= 15 is 0 Å². The van der Waals surface area contributed by atoms with E-state index in [-0.39, 0.29) is 34.9 Å². The number of hydrogen-bond acceptors (Lipinski definition) is 5. The van der Waals surface area contributed by atoms with Crippen LogP contribution in [0.2, 0.25) is 0 Å². The lowest BCUT2D eigenvalue weighted by atomic mass is 9.96. The van der Waals surface area contributed by atoms with E-state index in [2.05, 4.69) is 20.6 Å². The van der Waals surface area contributed by atoms with Gasteiger partial charge in [-0.1, -0.05) is 19.3 Å². The summed E-state index contributed by atoms with van der Waals surface area (Å²) in [4.78, 5) is 41.4. The molecule has 1 fully saturated rings. The summed E-state index contributed by atoms with van der Waals surface area (Å²) < 4.78 is 5.13. The molecule has 3 rings (SSSR count). The Morgan fingerprint density at radius 2 is 1.96 bits per heavy atom. The highest BCUT2D eigenvalue weighted by molar-refractivity contribution is 6.00. The summed E-state index contributed by atoms with van der Waals surface area (Å²) in [5.74, 6) is -2.19. The van der Waals surface area contributed by atoms with E-state index in [4.69, 9.17) is 15.3 Å². The summed E-state index contributed by atoms with van der Waals surface area (Å²) in [6.45, 7) is 0. The minimum Gasteiger partial charge on any atom is -0.475 e. The van der Waals surface area contributed by atoms with Crippen molar-refractivity contribution in [2.24, 2.45) is 5.73 Å². The van der Waals surface area contributed by atoms with Gasteiger partial charge in [-0.15, -0.1) is 0 Å². The number of nitrogens with two attached hydrogens (primary N) is 1. The fourth-order valence-electron chi connectivity index (χ4n) is 2.91. The molecule has 10 heteroatoms. The minimum absolute atomic E-state index is 0.0471. The van der Waals surface area contributed by atoms with Crippen LogP contribution in [0.3, 0.4) is 0 Å². The molecule has 1 aliphatic carbocycles. The Morgan fingerprint density at radius 3 is 2.58 bits per heavy atom. The van der Waals surface area contributed by atoms with E-state index in [0.29, 0.717) is 0 Å². The molecule has 1 saturated carbocycles. The highest BCUT2D eigenvalue weighted by atomic mass is 16.4. The number of furan rings is 1. The van der Waals surface area contributed by atoms with E-state index in [1.807, 2.05) is 0 Å². The number of primary amides is 1. The monoisotopic (exact) mass is 361 g/mol. The van der Waals surface area contributed by atoms with Crippen molar-refractivity contribution in [3.05, 3.63) is 23.6 Å². The topological polar surface area (TPSA) is 163 Å². The number of H-pyrrole nitrogens is 1. The van der Waals surface area contributed by atoms with Crippen LogP contribution in [-0.2, 0) is 0 Å². The molecule has 2 heterocycles. The maximum Gasteiger partial charge on any atom is 0.371 e. The van der Waals surface area contributed by atoms with Crippen LogP contribution >= 0.6 is 0 Å². The summed E-state index contributed by atoms with van der Waals surface area (Å²) in [5.41, 5.74) is 5.21. The molecule has 0 aliphatic heterocycles. The van der Waals surface area contributed by atoms with Gasteiger partial charge in [0.25, 0.3) is 5.91 Å². The molecule has 10 nitrogen and oxygen atoms in total. The molecule has 2 aromatic rings. The zero-order chi connectivity index (χ0) is 18.7. The number of carbonyl (C=O) groups is 3. The number of rotatable bonds is 5. The fraction of sp³-hybridized carbons (Fsp3) is 0.375. The number of nitrogens with one attached hydrogen (secondary N) is 3. The third kappa shape index (κ3) is 3.85. The van der Waals surface area contributed by atoms with E-state index in [1.54, 1.807) is 0 Å². The molecule has 6 N–H and O–H groups in total. The standard InChI is InChI=1S/C16H19N5O5/c17-12(22)11-14(21-16(25)18-8-4-2-1-3-5-8)20-13(19-11)9-6-7-10(26-9)15(23)24/h6-8H,1-5H2,(H2,17,22)(H,19,20)(H,23,24)(H2,18,21,25). The predicted molar refractivity (Wildman–Crippen MR) is 90.8 cm³/mol. The average molecular weight is 361 g/mol. The summed E-state index contributed by atoms with van der Waals surface area (Å²) in [6, 6.07) is 2.25. The van der Waals surface area contributed by atoms with Crippen LogP contribution in [0, 0.1) is 0 Å². The van der Waals surface area contributed by atoms with Crippen LogP contribution < -0.4 is 16.4 Å². The summed E-state index contributed by atoms with van der Waals surface area (Å²) in [6.07, 6.45) is 5.11. The number of carboxylic acid groups (broad SMARTS) is 1. The van der Waals surface area contributed by atoms with Crippen LogP contribution in [0.25, 0.3) is 11.6 Å². The highest BCUT2D eigenvalue weighted by Crippen LogP contribution is 2.24. The van der Waals surface area contributed by atoms with Gasteiger partial charge in [0.15, 0.2) is 17.4 Å². The van der Waals surface area contributed by atoms with Crippen LogP contribution in [0.1, 0.15) is 53.1 Å². The first-order chi connectivity index (χ1) is 12.4. The van der Waals surface area contributed by atoms with E-state index < -0.39 is 17.9 Å². The zero-order valence-corrected chi connectivity index (χ0v) is 13.9. The van der Waals surface area contributed by atoms with Gasteiger partial charge in [0, 0.05) is 6.04 Å². The fourth-order valence-corrected chi connectivity index (χ4v) is 2.91. The molecule has 0 bridgehead atoms. The van der Waals surface area contributed by atoms with Crippen molar-refractivity contribution in [1.29, 1.82) is 0 Å². The molecule has 0 spiro atoms. The maximum atomic E-state index is 12.2. The van der Waals surface area contributed by atoms with Crippen molar-refractivity contribution in [3.63, 3.8) is 0 Å². The molecule has 2 aromatic heterocycles. The second-order valence-electron chi connectivity index (χ2n) is 6.08. The third-order valence-electron chi connectivity index (χ3n) is 4.17. The lowest BCUT2D eigenvalue weighted by Gasteiger charge is -2.22. The Bertz CT molecular complexity index is 834. The second kappa shape index (κ2) is 7.30. The highest BCUT2D eigenvalue weighted by Gasteiger charge is 2.22. The molecule has 0 radical (unpaired) electrons. The Balaban J connectivity index is 1.77. The molecule has 0 atom stereocenters. The second-order valence-corrected chi connectivity index (χ2v) is 6.08. The van der Waals surface area contributed by atoms with Crippen LogP contribution in [0.4, 0.5) is 10.6 Å². The summed E-state index contributed by atoms with van der Waals surface area (Å²) in [5, 5.41) is 14.3. The molecular formula is C16H19N5O5. The lowest BCUT2D eigenvalue weighted by molar-refractivity contribution is 0.0663. The van der Waals surface area contributed by atoms with Gasteiger partial charge in [0.05, 0.1) is 0 Å². The van der Waals surface area contributed by atoms with Gasteiger partial charge in [0.1, 0.15) is 5.69 Å². The van der Waals surface area contributed by atoms with Gasteiger partial charge in [-0.25, -0.2) is 14.6 Å². The van der Waals surface area contributed by atoms with Gasteiger partial charge >= 0.3 is 12.0 Å². The SMILES string of the molecule is NC(=O)c1[nH]c(-c2ccc(C(=O)O)o2)nc1NC(=O)NC1CCCCC1. The number of hydrogen-bond donors (Lipinski definition) is 5. The Hall–Kier alpha value is -3.30. The van der Waals surface area contributed by atoms with E-state index in [0.717, 1.165) is 32.1 Å². The van der Waals surface area contributed by atoms with Crippen molar-refractivity contribution < 1.29 is 23.9 Å². The van der Waals surface area contributed by atoms with Crippen molar-refractivity contribution in [1.82, 2.24) is 15.3 Å². The summed E-state index contributed by atoms with van der Waals surface area (Å²) in [7, 11) is 0. The smallest absolute Gasteiger partial charge is 0.371 e.